The van der Waals surface area contributed by atoms with Crippen molar-refractivity contribution in [2.75, 3.05) is 0 Å². The summed E-state index contributed by atoms with van der Waals surface area (Å²) in [5.41, 5.74) is 0.612. The number of carbonyl (C=O) groups excluding carboxylic acids is 2. The van der Waals surface area contributed by atoms with Crippen molar-refractivity contribution >= 4 is 17.6 Å². The van der Waals surface area contributed by atoms with Crippen LogP contribution in [-0.4, -0.2) is 16.7 Å². The van der Waals surface area contributed by atoms with Crippen molar-refractivity contribution < 1.29 is 14.7 Å². The van der Waals surface area contributed by atoms with Gasteiger partial charge >= 0.3 is 0 Å². The Balaban J connectivity index is 2.32. The number of Topliss-reactive ketones (excluding diaryl/α,β-unsaturated/α-hetero) is 2. The van der Waals surface area contributed by atoms with Gasteiger partial charge in [0.25, 0.3) is 0 Å². The van der Waals surface area contributed by atoms with Crippen LogP contribution in [0.4, 0.5) is 0 Å². The topological polar surface area (TPSA) is 54.4 Å². The molecular weight excluding hydrogens is 252 g/mol. The molecule has 104 valence electrons. The number of hydrogen-bond acceptors (Lipinski definition) is 3. The largest absolute Gasteiger partial charge is 0.384 e. The maximum atomic E-state index is 12.3. The number of rotatable bonds is 0. The lowest BCUT2D eigenvalue weighted by atomic mass is 9.62. The van der Waals surface area contributed by atoms with Crippen molar-refractivity contribution in [1.29, 1.82) is 0 Å². The van der Waals surface area contributed by atoms with Gasteiger partial charge in [0.15, 0.2) is 0 Å². The second kappa shape index (κ2) is 3.89. The van der Waals surface area contributed by atoms with E-state index in [1.54, 1.807) is 26.8 Å². The predicted octanol–water partition coefficient (Wildman–Crippen LogP) is 2.65. The van der Waals surface area contributed by atoms with Gasteiger partial charge in [-0.05, 0) is 56.4 Å². The number of fused-ring (bicyclic) bond motifs is 2. The maximum Gasteiger partial charge on any atom is 0.229 e. The standard InChI is InChI=1S/C17H18O3/c1-16(2)15(19)14(18)12-8-10-6-4-5-7-11(10)9-13(12)17(16,3)20/h4,6,8-9,20H,5,7H2,1-3H3. The number of hydrogen-bond donors (Lipinski definition) is 1. The molecule has 0 heterocycles. The molecule has 0 aromatic heterocycles. The van der Waals surface area contributed by atoms with E-state index in [4.69, 9.17) is 0 Å². The molecule has 1 aromatic carbocycles. The summed E-state index contributed by atoms with van der Waals surface area (Å²) in [7, 11) is 0. The zero-order chi connectivity index (χ0) is 14.7. The van der Waals surface area contributed by atoms with Crippen LogP contribution in [0.25, 0.3) is 6.08 Å². The molecule has 0 aliphatic heterocycles. The normalized spacial score (nSPS) is 27.2. The summed E-state index contributed by atoms with van der Waals surface area (Å²) >= 11 is 0. The van der Waals surface area contributed by atoms with Gasteiger partial charge in [-0.2, -0.15) is 0 Å². The first-order valence-electron chi connectivity index (χ1n) is 6.92. The van der Waals surface area contributed by atoms with Gasteiger partial charge in [-0.3, -0.25) is 9.59 Å². The number of allylic oxidation sites excluding steroid dienone is 1. The maximum absolute atomic E-state index is 12.3. The third kappa shape index (κ3) is 1.50. The molecule has 1 atom stereocenters. The molecule has 3 nitrogen and oxygen atoms in total. The molecule has 2 aliphatic carbocycles. The summed E-state index contributed by atoms with van der Waals surface area (Å²) in [4.78, 5) is 24.6. The minimum atomic E-state index is -1.33. The van der Waals surface area contributed by atoms with Crippen LogP contribution in [0.15, 0.2) is 18.2 Å². The first-order chi connectivity index (χ1) is 9.26. The minimum Gasteiger partial charge on any atom is -0.384 e. The third-order valence-corrected chi connectivity index (χ3v) is 4.92. The molecule has 1 unspecified atom stereocenters. The average molecular weight is 270 g/mol. The first kappa shape index (κ1) is 13.3. The lowest BCUT2D eigenvalue weighted by molar-refractivity contribution is -0.140. The SMILES string of the molecule is CC1(C)C(=O)C(=O)c2cc3c(cc2C1(C)O)CCC=C3. The van der Waals surface area contributed by atoms with Crippen LogP contribution in [0.5, 0.6) is 0 Å². The molecular formula is C17H18O3. The molecule has 20 heavy (non-hydrogen) atoms. The Kier molecular flexibility index (Phi) is 2.58. The van der Waals surface area contributed by atoms with Gasteiger partial charge in [0, 0.05) is 5.56 Å². The number of carbonyl (C=O) groups is 2. The van der Waals surface area contributed by atoms with E-state index >= 15 is 0 Å². The van der Waals surface area contributed by atoms with Crippen molar-refractivity contribution in [3.63, 3.8) is 0 Å². The molecule has 0 radical (unpaired) electrons. The third-order valence-electron chi connectivity index (χ3n) is 4.92. The summed E-state index contributed by atoms with van der Waals surface area (Å²) in [6.45, 7) is 4.90. The van der Waals surface area contributed by atoms with Crippen LogP contribution < -0.4 is 0 Å². The van der Waals surface area contributed by atoms with Crippen molar-refractivity contribution in [1.82, 2.24) is 0 Å². The summed E-state index contributed by atoms with van der Waals surface area (Å²) in [6.07, 6.45) is 5.90. The van der Waals surface area contributed by atoms with E-state index in [0.29, 0.717) is 11.1 Å². The van der Waals surface area contributed by atoms with Crippen molar-refractivity contribution in [3.05, 3.63) is 40.5 Å². The fourth-order valence-corrected chi connectivity index (χ4v) is 3.04. The zero-order valence-corrected chi connectivity index (χ0v) is 12.0. The second-order valence-corrected chi connectivity index (χ2v) is 6.39. The number of ketones is 2. The molecule has 0 fully saturated rings. The molecule has 0 bridgehead atoms. The van der Waals surface area contributed by atoms with Crippen LogP contribution in [0.2, 0.25) is 0 Å². The van der Waals surface area contributed by atoms with Crippen LogP contribution in [0, 0.1) is 5.41 Å². The second-order valence-electron chi connectivity index (χ2n) is 6.39. The predicted molar refractivity (Wildman–Crippen MR) is 76.5 cm³/mol. The van der Waals surface area contributed by atoms with Gasteiger partial charge in [-0.15, -0.1) is 0 Å². The highest BCUT2D eigenvalue weighted by Gasteiger charge is 2.54. The Morgan fingerprint density at radius 2 is 1.85 bits per heavy atom. The molecule has 2 aliphatic rings. The van der Waals surface area contributed by atoms with E-state index in [1.165, 1.54) is 0 Å². The van der Waals surface area contributed by atoms with Crippen LogP contribution in [0.3, 0.4) is 0 Å². The first-order valence-corrected chi connectivity index (χ1v) is 6.92. The van der Waals surface area contributed by atoms with Gasteiger partial charge in [0.05, 0.1) is 11.0 Å². The molecule has 3 rings (SSSR count). The van der Waals surface area contributed by atoms with Crippen LogP contribution in [-0.2, 0) is 16.8 Å². The zero-order valence-electron chi connectivity index (χ0n) is 12.0. The fraction of sp³-hybridized carbons (Fsp3) is 0.412. The Morgan fingerprint density at radius 1 is 1.15 bits per heavy atom. The highest BCUT2D eigenvalue weighted by atomic mass is 16.3. The van der Waals surface area contributed by atoms with Gasteiger partial charge in [0.2, 0.25) is 11.6 Å². The Morgan fingerprint density at radius 3 is 2.55 bits per heavy atom. The van der Waals surface area contributed by atoms with Crippen LogP contribution >= 0.6 is 0 Å². The molecule has 1 aromatic rings. The molecule has 3 heteroatoms. The Bertz CT molecular complexity index is 663. The Hall–Kier alpha value is -1.74. The molecule has 0 saturated carbocycles. The molecule has 1 N–H and O–H groups in total. The molecule has 0 saturated heterocycles. The minimum absolute atomic E-state index is 0.352. The van der Waals surface area contributed by atoms with E-state index in [2.05, 4.69) is 6.08 Å². The Labute approximate surface area is 118 Å². The van der Waals surface area contributed by atoms with Crippen molar-refractivity contribution in [2.24, 2.45) is 5.41 Å². The summed E-state index contributed by atoms with van der Waals surface area (Å²) in [5.74, 6) is -1.01. The summed E-state index contributed by atoms with van der Waals surface area (Å²) in [6, 6.07) is 3.66. The van der Waals surface area contributed by atoms with E-state index in [1.807, 2.05) is 12.1 Å². The smallest absolute Gasteiger partial charge is 0.229 e. The number of benzene rings is 1. The van der Waals surface area contributed by atoms with Crippen LogP contribution in [0.1, 0.15) is 54.2 Å². The number of aliphatic hydroxyl groups is 1. The highest BCUT2D eigenvalue weighted by molar-refractivity contribution is 6.47. The van der Waals surface area contributed by atoms with Gasteiger partial charge in [-0.1, -0.05) is 18.2 Å². The van der Waals surface area contributed by atoms with E-state index in [-0.39, 0.29) is 0 Å². The number of aryl methyl sites for hydroxylation is 1. The highest BCUT2D eigenvalue weighted by Crippen LogP contribution is 2.47. The molecule has 0 amide bonds. The van der Waals surface area contributed by atoms with Gasteiger partial charge < -0.3 is 5.11 Å². The fourth-order valence-electron chi connectivity index (χ4n) is 3.04. The van der Waals surface area contributed by atoms with Crippen molar-refractivity contribution in [2.45, 2.75) is 39.2 Å². The molecule has 0 spiro atoms. The van der Waals surface area contributed by atoms with Gasteiger partial charge in [0.1, 0.15) is 0 Å². The average Bonchev–Trinajstić information content (AvgIpc) is 2.42. The summed E-state index contributed by atoms with van der Waals surface area (Å²) < 4.78 is 0. The lowest BCUT2D eigenvalue weighted by Gasteiger charge is -2.43. The quantitative estimate of drug-likeness (QED) is 0.737. The summed E-state index contributed by atoms with van der Waals surface area (Å²) in [5, 5.41) is 10.9. The monoisotopic (exact) mass is 270 g/mol. The van der Waals surface area contributed by atoms with Gasteiger partial charge in [-0.25, -0.2) is 0 Å². The lowest BCUT2D eigenvalue weighted by Crippen LogP contribution is -2.52. The van der Waals surface area contributed by atoms with E-state index in [9.17, 15) is 14.7 Å². The van der Waals surface area contributed by atoms with E-state index < -0.39 is 22.6 Å². The van der Waals surface area contributed by atoms with Crippen molar-refractivity contribution in [3.8, 4) is 0 Å². The van der Waals surface area contributed by atoms with E-state index in [0.717, 1.165) is 24.0 Å².